The van der Waals surface area contributed by atoms with E-state index in [1.54, 1.807) is 31.5 Å². The van der Waals surface area contributed by atoms with E-state index in [1.807, 2.05) is 30.3 Å². The lowest BCUT2D eigenvalue weighted by atomic mass is 10.2. The number of nitrogens with one attached hydrogen (secondary N) is 1. The van der Waals surface area contributed by atoms with Gasteiger partial charge in [-0.3, -0.25) is 19.4 Å². The Labute approximate surface area is 165 Å². The monoisotopic (exact) mass is 402 g/mol. The molecule has 1 heterocycles. The number of halogens is 2. The van der Waals surface area contributed by atoms with Crippen molar-refractivity contribution in [2.24, 2.45) is 5.10 Å². The molecule has 3 rings (SSSR count). The zero-order valence-electron chi connectivity index (χ0n) is 14.4. The summed E-state index contributed by atoms with van der Waals surface area (Å²) in [7, 11) is 1.63. The average Bonchev–Trinajstić information content (AvgIpc) is 2.66. The maximum atomic E-state index is 12.4. The Morgan fingerprint density at radius 1 is 1.07 bits per heavy atom. The molecule has 1 N–H and O–H groups in total. The van der Waals surface area contributed by atoms with Gasteiger partial charge in [0.15, 0.2) is 0 Å². The van der Waals surface area contributed by atoms with Gasteiger partial charge in [-0.05, 0) is 23.3 Å². The van der Waals surface area contributed by atoms with E-state index in [2.05, 4.69) is 10.1 Å². The first-order valence-electron chi connectivity index (χ1n) is 8.05. The number of aromatic amines is 1. The Bertz CT molecular complexity index is 1060. The fraction of sp³-hybridized carbons (Fsp3) is 0.105. The molecule has 0 aliphatic rings. The summed E-state index contributed by atoms with van der Waals surface area (Å²) in [6, 6.07) is 15.7. The van der Waals surface area contributed by atoms with Crippen LogP contribution in [0.25, 0.3) is 0 Å². The predicted molar refractivity (Wildman–Crippen MR) is 109 cm³/mol. The standard InChI is InChI=1S/C19H16Cl2N4O2/c1-24(22-11-14-7-8-15(20)16(21)9-14)17-10-18(26)25(19(27)23-17)12-13-5-3-2-4-6-13/h2-11H,12H2,1H3,(H,23,27)/b22-11+. The molecule has 0 unspecified atom stereocenters. The van der Waals surface area contributed by atoms with Crippen LogP contribution < -0.4 is 16.3 Å². The highest BCUT2D eigenvalue weighted by Gasteiger charge is 2.08. The molecule has 0 atom stereocenters. The van der Waals surface area contributed by atoms with Gasteiger partial charge in [-0.15, -0.1) is 0 Å². The fourth-order valence-corrected chi connectivity index (χ4v) is 2.71. The van der Waals surface area contributed by atoms with Crippen LogP contribution >= 0.6 is 23.2 Å². The molecule has 0 amide bonds. The van der Waals surface area contributed by atoms with E-state index in [9.17, 15) is 9.59 Å². The van der Waals surface area contributed by atoms with Crippen LogP contribution in [0.4, 0.5) is 5.82 Å². The van der Waals surface area contributed by atoms with E-state index in [0.29, 0.717) is 10.0 Å². The van der Waals surface area contributed by atoms with Gasteiger partial charge in [0, 0.05) is 13.1 Å². The maximum Gasteiger partial charge on any atom is 0.330 e. The van der Waals surface area contributed by atoms with Gasteiger partial charge in [0.1, 0.15) is 5.82 Å². The third kappa shape index (κ3) is 4.67. The first-order valence-corrected chi connectivity index (χ1v) is 8.80. The largest absolute Gasteiger partial charge is 0.330 e. The van der Waals surface area contributed by atoms with Crippen LogP contribution in [0.5, 0.6) is 0 Å². The van der Waals surface area contributed by atoms with Crippen molar-refractivity contribution in [3.63, 3.8) is 0 Å². The SMILES string of the molecule is CN(/N=C/c1ccc(Cl)c(Cl)c1)c1cc(=O)n(Cc2ccccc2)c(=O)[nH]1. The van der Waals surface area contributed by atoms with Crippen LogP contribution in [0.15, 0.2) is 69.3 Å². The summed E-state index contributed by atoms with van der Waals surface area (Å²) in [5.74, 6) is 0.283. The number of hydrogen-bond acceptors (Lipinski definition) is 4. The van der Waals surface area contributed by atoms with E-state index in [1.165, 1.54) is 11.1 Å². The zero-order chi connectivity index (χ0) is 19.4. The molecule has 2 aromatic carbocycles. The topological polar surface area (TPSA) is 70.5 Å². The van der Waals surface area contributed by atoms with Crippen LogP contribution in [0.3, 0.4) is 0 Å². The molecular formula is C19H16Cl2N4O2. The molecule has 0 spiro atoms. The summed E-state index contributed by atoms with van der Waals surface area (Å²) in [5, 5.41) is 6.49. The van der Waals surface area contributed by atoms with Gasteiger partial charge >= 0.3 is 5.69 Å². The molecule has 0 aliphatic heterocycles. The van der Waals surface area contributed by atoms with E-state index in [-0.39, 0.29) is 12.4 Å². The smallest absolute Gasteiger partial charge is 0.292 e. The fourth-order valence-electron chi connectivity index (χ4n) is 2.41. The van der Waals surface area contributed by atoms with Gasteiger partial charge in [-0.2, -0.15) is 5.10 Å². The molecule has 8 heteroatoms. The van der Waals surface area contributed by atoms with Crippen molar-refractivity contribution >= 4 is 35.2 Å². The van der Waals surface area contributed by atoms with E-state index < -0.39 is 11.2 Å². The van der Waals surface area contributed by atoms with Crippen molar-refractivity contribution in [1.29, 1.82) is 0 Å². The Morgan fingerprint density at radius 2 is 1.81 bits per heavy atom. The van der Waals surface area contributed by atoms with Gasteiger partial charge in [0.25, 0.3) is 5.56 Å². The van der Waals surface area contributed by atoms with Crippen molar-refractivity contribution < 1.29 is 0 Å². The molecule has 6 nitrogen and oxygen atoms in total. The van der Waals surface area contributed by atoms with Crippen molar-refractivity contribution in [3.8, 4) is 0 Å². The third-order valence-corrected chi connectivity index (χ3v) is 4.60. The minimum absolute atomic E-state index is 0.200. The summed E-state index contributed by atoms with van der Waals surface area (Å²) >= 11 is 11.9. The summed E-state index contributed by atoms with van der Waals surface area (Å²) in [5.41, 5.74) is 0.687. The molecule has 0 radical (unpaired) electrons. The first-order chi connectivity index (χ1) is 12.9. The second kappa shape index (κ2) is 8.24. The number of rotatable bonds is 5. The Kier molecular flexibility index (Phi) is 5.78. The summed E-state index contributed by atoms with van der Waals surface area (Å²) in [6.07, 6.45) is 1.55. The molecular weight excluding hydrogens is 387 g/mol. The van der Waals surface area contributed by atoms with E-state index in [0.717, 1.165) is 15.7 Å². The van der Waals surface area contributed by atoms with Crippen LogP contribution in [0.1, 0.15) is 11.1 Å². The molecule has 0 fully saturated rings. The molecule has 138 valence electrons. The second-order valence-electron chi connectivity index (χ2n) is 5.81. The van der Waals surface area contributed by atoms with E-state index >= 15 is 0 Å². The normalized spacial score (nSPS) is 11.1. The molecule has 0 saturated carbocycles. The lowest BCUT2D eigenvalue weighted by Crippen LogP contribution is -2.36. The van der Waals surface area contributed by atoms with Crippen LogP contribution in [0, 0.1) is 0 Å². The van der Waals surface area contributed by atoms with Gasteiger partial charge in [0.2, 0.25) is 0 Å². The van der Waals surface area contributed by atoms with Crippen molar-refractivity contribution in [1.82, 2.24) is 9.55 Å². The van der Waals surface area contributed by atoms with Crippen LogP contribution in [-0.4, -0.2) is 22.8 Å². The Balaban J connectivity index is 1.82. The van der Waals surface area contributed by atoms with E-state index in [4.69, 9.17) is 23.2 Å². The summed E-state index contributed by atoms with van der Waals surface area (Å²) < 4.78 is 1.13. The van der Waals surface area contributed by atoms with Gasteiger partial charge in [0.05, 0.1) is 22.8 Å². The van der Waals surface area contributed by atoms with Crippen molar-refractivity contribution in [2.75, 3.05) is 12.1 Å². The average molecular weight is 403 g/mol. The summed E-state index contributed by atoms with van der Waals surface area (Å²) in [4.78, 5) is 27.3. The molecule has 27 heavy (non-hydrogen) atoms. The number of aromatic nitrogens is 2. The predicted octanol–water partition coefficient (Wildman–Crippen LogP) is 3.36. The Morgan fingerprint density at radius 3 is 2.48 bits per heavy atom. The number of hydrogen-bond donors (Lipinski definition) is 1. The molecule has 3 aromatic rings. The third-order valence-electron chi connectivity index (χ3n) is 3.86. The highest BCUT2D eigenvalue weighted by atomic mass is 35.5. The van der Waals surface area contributed by atoms with Crippen molar-refractivity contribution in [2.45, 2.75) is 6.54 Å². The first kappa shape index (κ1) is 18.9. The molecule has 0 aliphatic carbocycles. The number of H-pyrrole nitrogens is 1. The molecule has 1 aromatic heterocycles. The highest BCUT2D eigenvalue weighted by molar-refractivity contribution is 6.42. The number of anilines is 1. The summed E-state index contributed by atoms with van der Waals surface area (Å²) in [6.45, 7) is 0.200. The minimum atomic E-state index is -0.502. The highest BCUT2D eigenvalue weighted by Crippen LogP contribution is 2.21. The molecule has 0 saturated heterocycles. The van der Waals surface area contributed by atoms with Gasteiger partial charge in [-0.1, -0.05) is 59.6 Å². The number of hydrazone groups is 1. The number of nitrogens with zero attached hydrogens (tertiary/aromatic N) is 3. The lowest BCUT2D eigenvalue weighted by molar-refractivity contribution is 0.695. The van der Waals surface area contributed by atoms with Crippen LogP contribution in [-0.2, 0) is 6.54 Å². The minimum Gasteiger partial charge on any atom is -0.292 e. The maximum absolute atomic E-state index is 12.4. The zero-order valence-corrected chi connectivity index (χ0v) is 15.9. The van der Waals surface area contributed by atoms with Gasteiger partial charge in [-0.25, -0.2) is 4.79 Å². The lowest BCUT2D eigenvalue weighted by Gasteiger charge is -2.13. The van der Waals surface area contributed by atoms with Gasteiger partial charge < -0.3 is 0 Å². The second-order valence-corrected chi connectivity index (χ2v) is 6.63. The molecule has 0 bridgehead atoms. The quantitative estimate of drug-likeness (QED) is 0.525. The number of benzene rings is 2. The van der Waals surface area contributed by atoms with Crippen molar-refractivity contribution in [3.05, 3.63) is 96.6 Å². The van der Waals surface area contributed by atoms with Crippen LogP contribution in [0.2, 0.25) is 10.0 Å². The Hall–Kier alpha value is -2.83.